The number of halogens is 1. The van der Waals surface area contributed by atoms with Crippen molar-refractivity contribution in [2.75, 3.05) is 0 Å². The van der Waals surface area contributed by atoms with Crippen LogP contribution in [-0.4, -0.2) is 10.9 Å². The minimum atomic E-state index is -0.330. The Kier molecular flexibility index (Phi) is 2.40. The first-order valence-electron chi connectivity index (χ1n) is 4.63. The summed E-state index contributed by atoms with van der Waals surface area (Å²) in [4.78, 5) is 14.0. The van der Waals surface area contributed by atoms with Gasteiger partial charge in [-0.3, -0.25) is 4.79 Å². The molecule has 2 aromatic rings. The molecule has 0 aliphatic heterocycles. The highest BCUT2D eigenvalue weighted by molar-refractivity contribution is 6.32. The molecular weight excluding hydrogens is 212 g/mol. The van der Waals surface area contributed by atoms with E-state index in [1.807, 2.05) is 19.1 Å². The highest BCUT2D eigenvalue weighted by atomic mass is 35.5. The molecule has 0 aliphatic carbocycles. The molecule has 0 unspecified atom stereocenters. The van der Waals surface area contributed by atoms with Gasteiger partial charge in [-0.2, -0.15) is 0 Å². The number of aromatic amines is 1. The number of aryl methyl sites for hydroxylation is 1. The smallest absolute Gasteiger partial charge is 0.221 e. The Balaban J connectivity index is 2.61. The number of nitrogens with two attached hydrogens (primary N) is 1. The van der Waals surface area contributed by atoms with E-state index < -0.39 is 0 Å². The fraction of sp³-hybridized carbons (Fsp3) is 0.182. The van der Waals surface area contributed by atoms with Crippen LogP contribution in [0.5, 0.6) is 0 Å². The van der Waals surface area contributed by atoms with Gasteiger partial charge in [-0.25, -0.2) is 0 Å². The van der Waals surface area contributed by atoms with Crippen LogP contribution in [0, 0.1) is 6.92 Å². The number of primary amides is 1. The molecule has 0 saturated carbocycles. The van der Waals surface area contributed by atoms with Gasteiger partial charge in [0, 0.05) is 16.6 Å². The van der Waals surface area contributed by atoms with Crippen LogP contribution < -0.4 is 5.73 Å². The monoisotopic (exact) mass is 222 g/mol. The average molecular weight is 223 g/mol. The third-order valence-electron chi connectivity index (χ3n) is 2.50. The SMILES string of the molecule is Cc1c(Cl)ccc2c(CC(N)=O)c[nH]c12. The average Bonchev–Trinajstić information content (AvgIpc) is 2.55. The Morgan fingerprint density at radius 1 is 1.53 bits per heavy atom. The van der Waals surface area contributed by atoms with Crippen molar-refractivity contribution >= 4 is 28.4 Å². The summed E-state index contributed by atoms with van der Waals surface area (Å²) in [6.45, 7) is 1.94. The standard InChI is InChI=1S/C11H11ClN2O/c1-6-9(12)3-2-8-7(4-10(13)15)5-14-11(6)8/h2-3,5,14H,4H2,1H3,(H2,13,15). The molecule has 2 rings (SSSR count). The predicted molar refractivity (Wildman–Crippen MR) is 60.9 cm³/mol. The number of carbonyl (C=O) groups is 1. The van der Waals surface area contributed by atoms with Crippen LogP contribution in [0.3, 0.4) is 0 Å². The molecule has 1 amide bonds. The van der Waals surface area contributed by atoms with Crippen molar-refractivity contribution in [3.05, 3.63) is 34.5 Å². The molecule has 1 heterocycles. The van der Waals surface area contributed by atoms with Gasteiger partial charge in [-0.1, -0.05) is 17.7 Å². The number of benzene rings is 1. The van der Waals surface area contributed by atoms with E-state index in [0.717, 1.165) is 27.1 Å². The Hall–Kier alpha value is -1.48. The van der Waals surface area contributed by atoms with E-state index in [-0.39, 0.29) is 12.3 Å². The van der Waals surface area contributed by atoms with Gasteiger partial charge >= 0.3 is 0 Å². The first kappa shape index (κ1) is 10.1. The lowest BCUT2D eigenvalue weighted by molar-refractivity contribution is -0.117. The van der Waals surface area contributed by atoms with E-state index in [9.17, 15) is 4.79 Å². The summed E-state index contributed by atoms with van der Waals surface area (Å²) in [5.74, 6) is -0.330. The lowest BCUT2D eigenvalue weighted by Crippen LogP contribution is -2.13. The van der Waals surface area contributed by atoms with E-state index >= 15 is 0 Å². The molecule has 4 heteroatoms. The molecule has 1 aromatic carbocycles. The maximum absolute atomic E-state index is 10.8. The number of H-pyrrole nitrogens is 1. The van der Waals surface area contributed by atoms with Crippen LogP contribution in [0.1, 0.15) is 11.1 Å². The number of aromatic nitrogens is 1. The van der Waals surface area contributed by atoms with Gasteiger partial charge in [-0.15, -0.1) is 0 Å². The van der Waals surface area contributed by atoms with Crippen molar-refractivity contribution in [2.24, 2.45) is 5.73 Å². The molecule has 15 heavy (non-hydrogen) atoms. The summed E-state index contributed by atoms with van der Waals surface area (Å²) in [5.41, 5.74) is 8.04. The molecule has 0 spiro atoms. The number of amides is 1. The fourth-order valence-corrected chi connectivity index (χ4v) is 1.87. The van der Waals surface area contributed by atoms with Crippen molar-refractivity contribution in [3.8, 4) is 0 Å². The van der Waals surface area contributed by atoms with Gasteiger partial charge in [0.2, 0.25) is 5.91 Å². The quantitative estimate of drug-likeness (QED) is 0.804. The zero-order chi connectivity index (χ0) is 11.0. The van der Waals surface area contributed by atoms with Gasteiger partial charge in [0.1, 0.15) is 0 Å². The first-order valence-corrected chi connectivity index (χ1v) is 5.00. The van der Waals surface area contributed by atoms with E-state index in [1.54, 1.807) is 6.20 Å². The third-order valence-corrected chi connectivity index (χ3v) is 2.91. The van der Waals surface area contributed by atoms with Crippen molar-refractivity contribution in [3.63, 3.8) is 0 Å². The number of carbonyl (C=O) groups excluding carboxylic acids is 1. The molecule has 3 N–H and O–H groups in total. The highest BCUT2D eigenvalue weighted by Crippen LogP contribution is 2.27. The van der Waals surface area contributed by atoms with Crippen molar-refractivity contribution in [2.45, 2.75) is 13.3 Å². The van der Waals surface area contributed by atoms with Gasteiger partial charge < -0.3 is 10.7 Å². The van der Waals surface area contributed by atoms with Crippen molar-refractivity contribution < 1.29 is 4.79 Å². The van der Waals surface area contributed by atoms with Crippen molar-refractivity contribution in [1.29, 1.82) is 0 Å². The normalized spacial score (nSPS) is 10.8. The number of hydrogen-bond donors (Lipinski definition) is 2. The minimum absolute atomic E-state index is 0.251. The maximum Gasteiger partial charge on any atom is 0.221 e. The van der Waals surface area contributed by atoms with E-state index in [1.165, 1.54) is 0 Å². The molecule has 78 valence electrons. The molecule has 0 aliphatic rings. The molecule has 3 nitrogen and oxygen atoms in total. The second kappa shape index (κ2) is 3.59. The largest absolute Gasteiger partial charge is 0.369 e. The van der Waals surface area contributed by atoms with Gasteiger partial charge in [0.25, 0.3) is 0 Å². The van der Waals surface area contributed by atoms with Gasteiger partial charge in [0.15, 0.2) is 0 Å². The first-order chi connectivity index (χ1) is 7.09. The number of hydrogen-bond acceptors (Lipinski definition) is 1. The zero-order valence-electron chi connectivity index (χ0n) is 8.30. The topological polar surface area (TPSA) is 58.9 Å². The fourth-order valence-electron chi connectivity index (χ4n) is 1.71. The Labute approximate surface area is 92.2 Å². The summed E-state index contributed by atoms with van der Waals surface area (Å²) in [7, 11) is 0. The van der Waals surface area contributed by atoms with Crippen molar-refractivity contribution in [1.82, 2.24) is 4.98 Å². The molecule has 0 fully saturated rings. The van der Waals surface area contributed by atoms with Crippen LogP contribution in [0.4, 0.5) is 0 Å². The van der Waals surface area contributed by atoms with Gasteiger partial charge in [-0.05, 0) is 24.1 Å². The van der Waals surface area contributed by atoms with E-state index in [4.69, 9.17) is 17.3 Å². The molecule has 0 saturated heterocycles. The molecule has 1 aromatic heterocycles. The van der Waals surface area contributed by atoms with Crippen LogP contribution >= 0.6 is 11.6 Å². The van der Waals surface area contributed by atoms with Gasteiger partial charge in [0.05, 0.1) is 11.9 Å². The Morgan fingerprint density at radius 3 is 2.93 bits per heavy atom. The molecule has 0 bridgehead atoms. The number of nitrogens with one attached hydrogen (secondary N) is 1. The minimum Gasteiger partial charge on any atom is -0.369 e. The molecule has 0 atom stereocenters. The van der Waals surface area contributed by atoms with Crippen LogP contribution in [0.15, 0.2) is 18.3 Å². The summed E-state index contributed by atoms with van der Waals surface area (Å²) < 4.78 is 0. The third kappa shape index (κ3) is 1.70. The second-order valence-electron chi connectivity index (χ2n) is 3.55. The lowest BCUT2D eigenvalue weighted by Gasteiger charge is -2.00. The Bertz CT molecular complexity index is 531. The Morgan fingerprint density at radius 2 is 2.27 bits per heavy atom. The predicted octanol–water partition coefficient (Wildman–Crippen LogP) is 2.16. The maximum atomic E-state index is 10.8. The highest BCUT2D eigenvalue weighted by Gasteiger charge is 2.09. The molecule has 0 radical (unpaired) electrons. The summed E-state index contributed by atoms with van der Waals surface area (Å²) in [5, 5.41) is 1.73. The summed E-state index contributed by atoms with van der Waals surface area (Å²) in [6.07, 6.45) is 2.06. The van der Waals surface area contributed by atoms with Crippen LogP contribution in [0.2, 0.25) is 5.02 Å². The summed E-state index contributed by atoms with van der Waals surface area (Å²) >= 11 is 5.99. The number of rotatable bonds is 2. The van der Waals surface area contributed by atoms with Crippen LogP contribution in [0.25, 0.3) is 10.9 Å². The summed E-state index contributed by atoms with van der Waals surface area (Å²) in [6, 6.07) is 3.73. The number of fused-ring (bicyclic) bond motifs is 1. The zero-order valence-corrected chi connectivity index (χ0v) is 9.06. The van der Waals surface area contributed by atoms with E-state index in [2.05, 4.69) is 4.98 Å². The lowest BCUT2D eigenvalue weighted by atomic mass is 10.1. The van der Waals surface area contributed by atoms with Crippen LogP contribution in [-0.2, 0) is 11.2 Å². The molecular formula is C11H11ClN2O. The van der Waals surface area contributed by atoms with E-state index in [0.29, 0.717) is 0 Å². The second-order valence-corrected chi connectivity index (χ2v) is 3.96.